The zero-order chi connectivity index (χ0) is 46.9. The summed E-state index contributed by atoms with van der Waals surface area (Å²) in [4.78, 5) is 24.2. The number of hydrogen-bond acceptors (Lipinski definition) is 4. The fourth-order valence-corrected chi connectivity index (χ4v) is 11.3. The van der Waals surface area contributed by atoms with E-state index in [9.17, 15) is 9.59 Å². The second-order valence-corrected chi connectivity index (χ2v) is 24.7. The van der Waals surface area contributed by atoms with Crippen molar-refractivity contribution >= 4 is 17.5 Å². The van der Waals surface area contributed by atoms with Crippen LogP contribution in [-0.4, -0.2) is 25.2 Å². The van der Waals surface area contributed by atoms with Gasteiger partial charge in [-0.2, -0.15) is 0 Å². The molecule has 0 saturated heterocycles. The Hall–Kier alpha value is -3.66. The molecule has 0 aromatic heterocycles. The van der Waals surface area contributed by atoms with E-state index in [1.807, 2.05) is 13.8 Å². The summed E-state index contributed by atoms with van der Waals surface area (Å²) in [6, 6.07) is 20.8. The number of allylic oxidation sites excluding steroid dienone is 1. The summed E-state index contributed by atoms with van der Waals surface area (Å²) in [7, 11) is 0. The number of fused-ring (bicyclic) bond motifs is 3. The molecule has 4 nitrogen and oxygen atoms in total. The molecule has 2 fully saturated rings. The van der Waals surface area contributed by atoms with E-state index in [-0.39, 0.29) is 56.3 Å². The van der Waals surface area contributed by atoms with Crippen LogP contribution in [-0.2, 0) is 62.4 Å². The number of benzene rings is 3. The van der Waals surface area contributed by atoms with Crippen molar-refractivity contribution in [2.45, 2.75) is 212 Å². The zero-order valence-electron chi connectivity index (χ0n) is 42.8. The standard InChI is InChI=1S/2C21H30O2.C17H24/c2*1-7-23-18(22)17-13-21(17,6)14-8-9-15-16(12-14)20(4,5)11-10-19(15,2)3;1-12(2)13-7-8-14-15(11-13)17(5,6)10-9-16(14,3)4/h2*8-9,12,17H,7,10-11,13H2,1-6H3;7-8,11H,1,9-10H2,2-6H3. The predicted molar refractivity (Wildman–Crippen MR) is 264 cm³/mol. The van der Waals surface area contributed by atoms with E-state index in [2.05, 4.69) is 165 Å². The molecule has 63 heavy (non-hydrogen) atoms. The topological polar surface area (TPSA) is 52.6 Å². The zero-order valence-corrected chi connectivity index (χ0v) is 42.8. The van der Waals surface area contributed by atoms with E-state index < -0.39 is 0 Å². The second kappa shape index (κ2) is 16.6. The Balaban J connectivity index is 0.000000159. The first kappa shape index (κ1) is 48.8. The van der Waals surface area contributed by atoms with Crippen LogP contribution in [0.3, 0.4) is 0 Å². The highest BCUT2D eigenvalue weighted by molar-refractivity contribution is 5.80. The Morgan fingerprint density at radius 3 is 1.06 bits per heavy atom. The van der Waals surface area contributed by atoms with E-state index in [1.54, 1.807) is 0 Å². The monoisotopic (exact) mass is 857 g/mol. The lowest BCUT2D eigenvalue weighted by molar-refractivity contribution is -0.146. The molecular weight excluding hydrogens is 773 g/mol. The summed E-state index contributed by atoms with van der Waals surface area (Å²) in [6.07, 6.45) is 9.27. The van der Waals surface area contributed by atoms with E-state index in [0.29, 0.717) is 24.0 Å². The number of hydrogen-bond donors (Lipinski definition) is 0. The molecule has 344 valence electrons. The molecule has 3 aromatic rings. The average molecular weight is 857 g/mol. The minimum atomic E-state index is -0.0427. The van der Waals surface area contributed by atoms with Crippen LogP contribution in [0.25, 0.3) is 5.57 Å². The van der Waals surface area contributed by atoms with Crippen LogP contribution < -0.4 is 0 Å². The lowest BCUT2D eigenvalue weighted by atomic mass is 9.62. The Bertz CT molecular complexity index is 2130. The molecule has 5 aliphatic carbocycles. The maximum Gasteiger partial charge on any atom is 0.309 e. The van der Waals surface area contributed by atoms with Crippen LogP contribution >= 0.6 is 0 Å². The van der Waals surface area contributed by atoms with Crippen molar-refractivity contribution in [1.29, 1.82) is 0 Å². The van der Waals surface area contributed by atoms with E-state index in [0.717, 1.165) is 18.4 Å². The predicted octanol–water partition coefficient (Wildman–Crippen LogP) is 14.8. The van der Waals surface area contributed by atoms with E-state index >= 15 is 0 Å². The molecule has 5 aliphatic rings. The third-order valence-electron chi connectivity index (χ3n) is 17.0. The third kappa shape index (κ3) is 9.40. The van der Waals surface area contributed by atoms with Gasteiger partial charge in [0.25, 0.3) is 0 Å². The summed E-state index contributed by atoms with van der Waals surface area (Å²) in [6.45, 7) is 43.5. The van der Waals surface area contributed by atoms with Gasteiger partial charge >= 0.3 is 11.9 Å². The Kier molecular flexibility index (Phi) is 12.9. The van der Waals surface area contributed by atoms with Crippen LogP contribution in [0.1, 0.15) is 219 Å². The van der Waals surface area contributed by atoms with Gasteiger partial charge in [0.05, 0.1) is 25.0 Å². The third-order valence-corrected chi connectivity index (χ3v) is 17.0. The van der Waals surface area contributed by atoms with Gasteiger partial charge in [0.2, 0.25) is 0 Å². The van der Waals surface area contributed by atoms with Gasteiger partial charge < -0.3 is 9.47 Å². The number of carbonyl (C=O) groups excluding carboxylic acids is 2. The fraction of sp³-hybridized carbons (Fsp3) is 0.627. The van der Waals surface area contributed by atoms with Crippen LogP contribution in [0, 0.1) is 11.8 Å². The lowest BCUT2D eigenvalue weighted by Gasteiger charge is -2.42. The minimum absolute atomic E-state index is 0.0280. The molecule has 0 N–H and O–H groups in total. The minimum Gasteiger partial charge on any atom is -0.466 e. The maximum atomic E-state index is 12.1. The SMILES string of the molecule is C=C(C)c1ccc2c(c1)C(C)(C)CCC2(C)C.CCOC(=O)C1CC1(C)c1ccc2c(c1)C(C)(C)CCC2(C)C.CCOC(=O)C1CC1(C)c1ccc2c(c1)C(C)(C)CCC2(C)C. The maximum absolute atomic E-state index is 12.1. The van der Waals surface area contributed by atoms with Crippen molar-refractivity contribution in [2.24, 2.45) is 11.8 Å². The summed E-state index contributed by atoms with van der Waals surface area (Å²) >= 11 is 0. The highest BCUT2D eigenvalue weighted by Crippen LogP contribution is 2.58. The smallest absolute Gasteiger partial charge is 0.309 e. The van der Waals surface area contributed by atoms with Crippen molar-refractivity contribution in [2.75, 3.05) is 13.2 Å². The van der Waals surface area contributed by atoms with Crippen LogP contribution in [0.2, 0.25) is 0 Å². The number of carbonyl (C=O) groups is 2. The number of esters is 2. The Morgan fingerprint density at radius 2 is 0.762 bits per heavy atom. The molecular formula is C59H84O4. The number of rotatable bonds is 7. The van der Waals surface area contributed by atoms with Crippen molar-refractivity contribution in [3.05, 3.63) is 111 Å². The molecule has 4 unspecified atom stereocenters. The molecule has 4 heteroatoms. The molecule has 3 aromatic carbocycles. The van der Waals surface area contributed by atoms with Crippen LogP contribution in [0.4, 0.5) is 0 Å². The summed E-state index contributed by atoms with van der Waals surface area (Å²) < 4.78 is 10.5. The first-order valence-corrected chi connectivity index (χ1v) is 24.4. The lowest BCUT2D eigenvalue weighted by Crippen LogP contribution is -2.34. The van der Waals surface area contributed by atoms with Crippen LogP contribution in [0.5, 0.6) is 0 Å². The average Bonchev–Trinajstić information content (AvgIpc) is 4.12. The van der Waals surface area contributed by atoms with Crippen molar-refractivity contribution in [3.8, 4) is 0 Å². The molecule has 0 aliphatic heterocycles. The van der Waals surface area contributed by atoms with Gasteiger partial charge in [-0.3, -0.25) is 9.59 Å². The summed E-state index contributed by atoms with van der Waals surface area (Å²) in [5, 5.41) is 0. The fourth-order valence-electron chi connectivity index (χ4n) is 11.3. The van der Waals surface area contributed by atoms with Gasteiger partial charge in [0, 0.05) is 10.8 Å². The molecule has 0 radical (unpaired) electrons. The van der Waals surface area contributed by atoms with Gasteiger partial charge in [-0.05, 0) is 155 Å². The summed E-state index contributed by atoms with van der Waals surface area (Å²) in [5.41, 5.74) is 15.5. The Labute approximate surface area is 383 Å². The molecule has 0 bridgehead atoms. The van der Waals surface area contributed by atoms with Crippen molar-refractivity contribution in [3.63, 3.8) is 0 Å². The molecule has 0 spiro atoms. The normalized spacial score (nSPS) is 27.8. The van der Waals surface area contributed by atoms with Gasteiger partial charge in [-0.1, -0.05) is 164 Å². The number of ether oxygens (including phenoxy) is 2. The molecule has 8 rings (SSSR count). The molecule has 0 heterocycles. The van der Waals surface area contributed by atoms with Gasteiger partial charge in [-0.25, -0.2) is 0 Å². The molecule has 0 amide bonds. The van der Waals surface area contributed by atoms with Crippen molar-refractivity contribution in [1.82, 2.24) is 0 Å². The van der Waals surface area contributed by atoms with Gasteiger partial charge in [0.15, 0.2) is 0 Å². The largest absolute Gasteiger partial charge is 0.466 e. The first-order valence-electron chi connectivity index (χ1n) is 24.4. The molecule has 4 atom stereocenters. The van der Waals surface area contributed by atoms with Gasteiger partial charge in [0.1, 0.15) is 0 Å². The highest BCUT2D eigenvalue weighted by Gasteiger charge is 2.58. The quantitative estimate of drug-likeness (QED) is 0.222. The molecule has 2 saturated carbocycles. The van der Waals surface area contributed by atoms with E-state index in [4.69, 9.17) is 9.47 Å². The Morgan fingerprint density at radius 1 is 0.476 bits per heavy atom. The van der Waals surface area contributed by atoms with Gasteiger partial charge in [-0.15, -0.1) is 0 Å². The highest BCUT2D eigenvalue weighted by atomic mass is 16.5. The van der Waals surface area contributed by atoms with E-state index in [1.165, 1.54) is 88.6 Å². The van der Waals surface area contributed by atoms with Crippen LogP contribution in [0.15, 0.2) is 61.2 Å². The van der Waals surface area contributed by atoms with Crippen molar-refractivity contribution < 1.29 is 19.1 Å². The second-order valence-electron chi connectivity index (χ2n) is 24.7. The first-order chi connectivity index (χ1) is 29.0. The summed E-state index contributed by atoms with van der Waals surface area (Å²) in [5.74, 6) is -0.0138.